The molecule has 1 aromatic carbocycles. The van der Waals surface area contributed by atoms with Crippen molar-refractivity contribution >= 4 is 21.8 Å². The van der Waals surface area contributed by atoms with Crippen LogP contribution in [0.25, 0.3) is 0 Å². The summed E-state index contributed by atoms with van der Waals surface area (Å²) in [5.41, 5.74) is -0.253. The number of benzene rings is 1. The van der Waals surface area contributed by atoms with E-state index in [1.54, 1.807) is 37.3 Å². The smallest absolute Gasteiger partial charge is 0.346 e. The lowest BCUT2D eigenvalue weighted by atomic mass is 10.1. The molecule has 1 aromatic heterocycles. The van der Waals surface area contributed by atoms with Crippen molar-refractivity contribution < 1.29 is 31.6 Å². The fourth-order valence-electron chi connectivity index (χ4n) is 3.49. The topological polar surface area (TPSA) is 135 Å². The second kappa shape index (κ2) is 10.5. The van der Waals surface area contributed by atoms with Crippen LogP contribution in [0, 0.1) is 0 Å². The summed E-state index contributed by atoms with van der Waals surface area (Å²) >= 11 is 0. The molecule has 0 radical (unpaired) electrons. The summed E-state index contributed by atoms with van der Waals surface area (Å²) in [5, 5.41) is 2.57. The van der Waals surface area contributed by atoms with Crippen LogP contribution in [0.4, 0.5) is 5.82 Å². The minimum absolute atomic E-state index is 0.0820. The minimum atomic E-state index is -3.68. The Labute approximate surface area is 191 Å². The van der Waals surface area contributed by atoms with E-state index in [-0.39, 0.29) is 12.4 Å². The molecule has 0 spiro atoms. The monoisotopic (exact) mass is 481 g/mol. The molecule has 4 rings (SSSR count). The number of nitrogens with one attached hydrogen (secondary N) is 1. The van der Waals surface area contributed by atoms with Gasteiger partial charge in [0, 0.05) is 11.8 Å². The summed E-state index contributed by atoms with van der Waals surface area (Å²) in [6.07, 6.45) is -1.15. The fourth-order valence-corrected chi connectivity index (χ4v) is 3.88. The third-order valence-electron chi connectivity index (χ3n) is 4.81. The summed E-state index contributed by atoms with van der Waals surface area (Å²) < 4.78 is 45.9. The number of ether oxygens (including phenoxy) is 3. The van der Waals surface area contributed by atoms with Crippen molar-refractivity contribution in [2.45, 2.75) is 51.6 Å². The predicted octanol–water partition coefficient (Wildman–Crippen LogP) is 1.53. The van der Waals surface area contributed by atoms with Gasteiger partial charge in [-0.1, -0.05) is 32.0 Å². The van der Waals surface area contributed by atoms with Gasteiger partial charge in [0.05, 0.1) is 12.9 Å². The Morgan fingerprint density at radius 2 is 1.79 bits per heavy atom. The lowest BCUT2D eigenvalue weighted by Crippen LogP contribution is -2.34. The van der Waals surface area contributed by atoms with Crippen molar-refractivity contribution in [2.75, 3.05) is 18.2 Å². The number of nitrogens with zero attached hydrogens (tertiary/aromatic N) is 2. The van der Waals surface area contributed by atoms with Gasteiger partial charge in [-0.25, -0.2) is 4.79 Å². The van der Waals surface area contributed by atoms with Crippen LogP contribution in [-0.2, 0) is 28.5 Å². The highest BCUT2D eigenvalue weighted by atomic mass is 32.2. The first-order valence-corrected chi connectivity index (χ1v) is 12.3. The van der Waals surface area contributed by atoms with Crippen molar-refractivity contribution in [2.24, 2.45) is 0 Å². The van der Waals surface area contributed by atoms with Crippen LogP contribution in [0.1, 0.15) is 37.4 Å². The highest BCUT2D eigenvalue weighted by molar-refractivity contribution is 7.85. The molecule has 2 aliphatic heterocycles. The number of carbonyl (C=O) groups excluding carboxylic acids is 1. The normalized spacial score (nSPS) is 26.2. The molecule has 1 amide bonds. The average Bonchev–Trinajstić information content (AvgIpc) is 3.31. The fraction of sp³-hybridized carbons (Fsp3) is 0.476. The zero-order valence-electron chi connectivity index (χ0n) is 18.7. The van der Waals surface area contributed by atoms with Crippen molar-refractivity contribution in [1.82, 2.24) is 9.55 Å². The van der Waals surface area contributed by atoms with Crippen molar-refractivity contribution in [1.29, 1.82) is 0 Å². The summed E-state index contributed by atoms with van der Waals surface area (Å²) in [6, 6.07) is 9.97. The minimum Gasteiger partial charge on any atom is -0.346 e. The molecule has 5 atom stereocenters. The molecule has 2 saturated heterocycles. The zero-order valence-corrected chi connectivity index (χ0v) is 19.5. The Morgan fingerprint density at radius 3 is 2.42 bits per heavy atom. The quantitative estimate of drug-likeness (QED) is 0.609. The summed E-state index contributed by atoms with van der Waals surface area (Å²) in [5.74, 6) is -0.319. The van der Waals surface area contributed by atoms with Crippen LogP contribution in [-0.4, -0.2) is 61.3 Å². The van der Waals surface area contributed by atoms with Gasteiger partial charge in [-0.2, -0.15) is 13.4 Å². The number of amides is 1. The van der Waals surface area contributed by atoms with E-state index in [1.165, 1.54) is 16.8 Å². The van der Waals surface area contributed by atoms with E-state index in [0.717, 1.165) is 6.26 Å². The first-order chi connectivity index (χ1) is 15.7. The van der Waals surface area contributed by atoms with Crippen molar-refractivity contribution in [3.8, 4) is 0 Å². The molecule has 2 aromatic rings. The third kappa shape index (κ3) is 6.03. The molecule has 3 heterocycles. The molecule has 180 valence electrons. The Morgan fingerprint density at radius 1 is 1.12 bits per heavy atom. The molecule has 12 heteroatoms. The van der Waals surface area contributed by atoms with E-state index in [2.05, 4.69) is 10.3 Å². The molecule has 0 saturated carbocycles. The number of hydrogen-bond donors (Lipinski definition) is 1. The highest BCUT2D eigenvalue weighted by Crippen LogP contribution is 2.38. The molecule has 0 bridgehead atoms. The van der Waals surface area contributed by atoms with Crippen LogP contribution in [0.3, 0.4) is 0 Å². The molecule has 5 unspecified atom stereocenters. The molecule has 2 fully saturated rings. The SMILES string of the molecule is CC.CC1OC2C(COS(C)(=O)=O)OC(n3ccc(NC(=O)c4ccccc4)nc3=O)C2O1. The van der Waals surface area contributed by atoms with Gasteiger partial charge in [0.2, 0.25) is 0 Å². The number of anilines is 1. The number of hydrogen-bond acceptors (Lipinski definition) is 9. The number of rotatable bonds is 6. The van der Waals surface area contributed by atoms with Crippen LogP contribution in [0.15, 0.2) is 47.4 Å². The van der Waals surface area contributed by atoms with Crippen LogP contribution in [0.5, 0.6) is 0 Å². The largest absolute Gasteiger partial charge is 0.351 e. The number of aromatic nitrogens is 2. The average molecular weight is 482 g/mol. The Balaban J connectivity index is 0.00000149. The van der Waals surface area contributed by atoms with Crippen molar-refractivity contribution in [3.05, 3.63) is 58.6 Å². The Bertz CT molecular complexity index is 1120. The molecule has 11 nitrogen and oxygen atoms in total. The second-order valence-electron chi connectivity index (χ2n) is 7.15. The maximum absolute atomic E-state index is 12.6. The predicted molar refractivity (Wildman–Crippen MR) is 118 cm³/mol. The molecule has 33 heavy (non-hydrogen) atoms. The number of fused-ring (bicyclic) bond motifs is 1. The van der Waals surface area contributed by atoms with Gasteiger partial charge in [0.15, 0.2) is 12.5 Å². The van der Waals surface area contributed by atoms with E-state index in [0.29, 0.717) is 5.56 Å². The standard InChI is InChI=1S/C19H21N3O8S.C2H6/c1-11-28-15-13(10-27-31(2,25)26)30-18(16(15)29-11)22-9-8-14(21-19(22)24)20-17(23)12-6-4-3-5-7-12;1-2/h3-9,11,13,15-16,18H,10H2,1-2H3,(H,20,21,23,24);1-2H3. The van der Waals surface area contributed by atoms with Crippen LogP contribution >= 0.6 is 0 Å². The lowest BCUT2D eigenvalue weighted by Gasteiger charge is -2.20. The van der Waals surface area contributed by atoms with Gasteiger partial charge < -0.3 is 19.5 Å². The Hall–Kier alpha value is -2.64. The molecule has 0 aliphatic carbocycles. The van der Waals surface area contributed by atoms with Gasteiger partial charge in [0.1, 0.15) is 24.1 Å². The Kier molecular flexibility index (Phi) is 7.97. The van der Waals surface area contributed by atoms with Gasteiger partial charge in [-0.05, 0) is 25.1 Å². The van der Waals surface area contributed by atoms with Gasteiger partial charge in [-0.3, -0.25) is 13.5 Å². The first-order valence-electron chi connectivity index (χ1n) is 10.5. The van der Waals surface area contributed by atoms with E-state index in [4.69, 9.17) is 18.4 Å². The third-order valence-corrected chi connectivity index (χ3v) is 5.38. The summed E-state index contributed by atoms with van der Waals surface area (Å²) in [7, 11) is -3.68. The summed E-state index contributed by atoms with van der Waals surface area (Å²) in [4.78, 5) is 28.8. The molecule has 1 N–H and O–H groups in total. The van der Waals surface area contributed by atoms with Crippen LogP contribution in [0.2, 0.25) is 0 Å². The van der Waals surface area contributed by atoms with E-state index in [9.17, 15) is 18.0 Å². The van der Waals surface area contributed by atoms with Crippen molar-refractivity contribution in [3.63, 3.8) is 0 Å². The number of carbonyl (C=O) groups is 1. The summed E-state index contributed by atoms with van der Waals surface area (Å²) in [6.45, 7) is 5.41. The zero-order chi connectivity index (χ0) is 24.2. The van der Waals surface area contributed by atoms with Gasteiger partial charge in [0.25, 0.3) is 16.0 Å². The molecular formula is C21H27N3O8S. The van der Waals surface area contributed by atoms with Gasteiger partial charge in [-0.15, -0.1) is 0 Å². The van der Waals surface area contributed by atoms with E-state index >= 15 is 0 Å². The lowest BCUT2D eigenvalue weighted by molar-refractivity contribution is -0.143. The van der Waals surface area contributed by atoms with E-state index < -0.39 is 52.5 Å². The highest BCUT2D eigenvalue weighted by Gasteiger charge is 2.53. The van der Waals surface area contributed by atoms with E-state index in [1.807, 2.05) is 13.8 Å². The van der Waals surface area contributed by atoms with Crippen LogP contribution < -0.4 is 11.0 Å². The molecular weight excluding hydrogens is 454 g/mol. The maximum Gasteiger partial charge on any atom is 0.351 e. The van der Waals surface area contributed by atoms with Gasteiger partial charge >= 0.3 is 5.69 Å². The maximum atomic E-state index is 12.6. The molecule has 2 aliphatic rings. The second-order valence-corrected chi connectivity index (χ2v) is 8.79. The first kappa shape index (κ1) is 25.0.